The Balaban J connectivity index is 2.17. The highest BCUT2D eigenvalue weighted by Crippen LogP contribution is 2.28. The fraction of sp³-hybridized carbons (Fsp3) is 0.636. The third kappa shape index (κ3) is 1.95. The van der Waals surface area contributed by atoms with E-state index in [1.54, 1.807) is 4.68 Å². The Morgan fingerprint density at radius 3 is 2.80 bits per heavy atom. The van der Waals surface area contributed by atoms with Gasteiger partial charge in [0.15, 0.2) is 5.78 Å². The van der Waals surface area contributed by atoms with E-state index in [1.807, 2.05) is 20.2 Å². The van der Waals surface area contributed by atoms with Gasteiger partial charge in [0.1, 0.15) is 0 Å². The van der Waals surface area contributed by atoms with Gasteiger partial charge >= 0.3 is 0 Å². The molecule has 1 heterocycles. The van der Waals surface area contributed by atoms with Crippen LogP contribution in [0, 0.1) is 12.8 Å². The van der Waals surface area contributed by atoms with Gasteiger partial charge in [-0.15, -0.1) is 0 Å². The van der Waals surface area contributed by atoms with Gasteiger partial charge in [-0.3, -0.25) is 9.48 Å². The second-order valence-electron chi connectivity index (χ2n) is 4.44. The number of carbonyl (C=O) groups is 1. The Morgan fingerprint density at radius 1 is 1.60 bits per heavy atom. The van der Waals surface area contributed by atoms with Crippen LogP contribution in [0.5, 0.6) is 0 Å². The van der Waals surface area contributed by atoms with Crippen molar-refractivity contribution in [2.75, 3.05) is 0 Å². The lowest BCUT2D eigenvalue weighted by molar-refractivity contribution is 0.0921. The number of hydrogen-bond acceptors (Lipinski definition) is 3. The van der Waals surface area contributed by atoms with E-state index in [2.05, 4.69) is 5.10 Å². The van der Waals surface area contributed by atoms with E-state index in [-0.39, 0.29) is 17.7 Å². The first kappa shape index (κ1) is 10.4. The molecule has 82 valence electrons. The van der Waals surface area contributed by atoms with Gasteiger partial charge in [0, 0.05) is 25.2 Å². The number of aromatic nitrogens is 2. The summed E-state index contributed by atoms with van der Waals surface area (Å²) >= 11 is 0. The maximum atomic E-state index is 12.1. The monoisotopic (exact) mass is 207 g/mol. The Hall–Kier alpha value is -1.16. The van der Waals surface area contributed by atoms with Crippen LogP contribution in [0.4, 0.5) is 0 Å². The molecule has 0 saturated heterocycles. The number of aryl methyl sites for hydroxylation is 2. The summed E-state index contributed by atoms with van der Waals surface area (Å²) in [6.07, 6.45) is 4.53. The van der Waals surface area contributed by atoms with Gasteiger partial charge in [0.25, 0.3) is 0 Å². The molecule has 0 amide bonds. The third-order valence-electron chi connectivity index (χ3n) is 3.12. The van der Waals surface area contributed by atoms with Gasteiger partial charge in [-0.2, -0.15) is 5.10 Å². The van der Waals surface area contributed by atoms with Gasteiger partial charge in [0.05, 0.1) is 11.3 Å². The molecular formula is C11H17N3O. The summed E-state index contributed by atoms with van der Waals surface area (Å²) in [6, 6.07) is 0.205. The fourth-order valence-electron chi connectivity index (χ4n) is 2.32. The third-order valence-corrected chi connectivity index (χ3v) is 3.12. The largest absolute Gasteiger partial charge is 0.328 e. The van der Waals surface area contributed by atoms with E-state index in [1.165, 1.54) is 0 Å². The van der Waals surface area contributed by atoms with Crippen molar-refractivity contribution in [1.29, 1.82) is 0 Å². The molecule has 4 heteroatoms. The van der Waals surface area contributed by atoms with Crippen molar-refractivity contribution in [3.05, 3.63) is 17.5 Å². The molecule has 2 atom stereocenters. The summed E-state index contributed by atoms with van der Waals surface area (Å²) in [5, 5.41) is 4.19. The highest BCUT2D eigenvalue weighted by Gasteiger charge is 2.29. The zero-order chi connectivity index (χ0) is 11.0. The van der Waals surface area contributed by atoms with Crippen LogP contribution in [0.25, 0.3) is 0 Å². The first-order chi connectivity index (χ1) is 7.08. The summed E-state index contributed by atoms with van der Waals surface area (Å²) in [5.74, 6) is 0.330. The van der Waals surface area contributed by atoms with Crippen molar-refractivity contribution in [1.82, 2.24) is 9.78 Å². The average Bonchev–Trinajstić information content (AvgIpc) is 2.71. The summed E-state index contributed by atoms with van der Waals surface area (Å²) in [7, 11) is 1.84. The van der Waals surface area contributed by atoms with Crippen LogP contribution in [0.2, 0.25) is 0 Å². The average molecular weight is 207 g/mol. The van der Waals surface area contributed by atoms with Gasteiger partial charge in [-0.25, -0.2) is 0 Å². The zero-order valence-electron chi connectivity index (χ0n) is 9.23. The molecule has 1 aliphatic carbocycles. The van der Waals surface area contributed by atoms with Crippen molar-refractivity contribution in [2.24, 2.45) is 18.7 Å². The molecule has 15 heavy (non-hydrogen) atoms. The highest BCUT2D eigenvalue weighted by molar-refractivity contribution is 5.98. The molecule has 0 aromatic carbocycles. The van der Waals surface area contributed by atoms with E-state index in [4.69, 9.17) is 5.73 Å². The predicted molar refractivity (Wildman–Crippen MR) is 57.6 cm³/mol. The molecule has 2 unspecified atom stereocenters. The van der Waals surface area contributed by atoms with Crippen LogP contribution in [0.3, 0.4) is 0 Å². The Labute approximate surface area is 89.5 Å². The standard InChI is InChI=1S/C11H17N3O/c1-7-10(6-14(2)13-7)11(15)8-3-4-9(12)5-8/h6,8-9H,3-5,12H2,1-2H3. The van der Waals surface area contributed by atoms with Crippen molar-refractivity contribution >= 4 is 5.78 Å². The molecule has 2 N–H and O–H groups in total. The molecule has 0 spiro atoms. The number of ketones is 1. The maximum absolute atomic E-state index is 12.1. The number of hydrogen-bond donors (Lipinski definition) is 1. The van der Waals surface area contributed by atoms with Gasteiger partial charge in [0.2, 0.25) is 0 Å². The van der Waals surface area contributed by atoms with Crippen LogP contribution in [-0.4, -0.2) is 21.6 Å². The number of rotatable bonds is 2. The Morgan fingerprint density at radius 2 is 2.33 bits per heavy atom. The minimum absolute atomic E-state index is 0.114. The molecule has 0 aliphatic heterocycles. The fourth-order valence-corrected chi connectivity index (χ4v) is 2.32. The maximum Gasteiger partial charge on any atom is 0.169 e. The highest BCUT2D eigenvalue weighted by atomic mass is 16.1. The smallest absolute Gasteiger partial charge is 0.169 e. The van der Waals surface area contributed by atoms with Crippen molar-refractivity contribution in [3.63, 3.8) is 0 Å². The van der Waals surface area contributed by atoms with Gasteiger partial charge in [-0.05, 0) is 26.2 Å². The second-order valence-corrected chi connectivity index (χ2v) is 4.44. The van der Waals surface area contributed by atoms with Crippen LogP contribution >= 0.6 is 0 Å². The van der Waals surface area contributed by atoms with Gasteiger partial charge in [-0.1, -0.05) is 0 Å². The van der Waals surface area contributed by atoms with E-state index in [9.17, 15) is 4.79 Å². The Kier molecular flexibility index (Phi) is 2.61. The van der Waals surface area contributed by atoms with E-state index < -0.39 is 0 Å². The van der Waals surface area contributed by atoms with Crippen LogP contribution < -0.4 is 5.73 Å². The van der Waals surface area contributed by atoms with Crippen LogP contribution in [-0.2, 0) is 7.05 Å². The number of nitrogens with two attached hydrogens (primary N) is 1. The molecule has 1 aliphatic rings. The number of nitrogens with zero attached hydrogens (tertiary/aromatic N) is 2. The van der Waals surface area contributed by atoms with Crippen LogP contribution in [0.15, 0.2) is 6.20 Å². The zero-order valence-corrected chi connectivity index (χ0v) is 9.23. The predicted octanol–water partition coefficient (Wildman–Crippen LogP) is 1.04. The molecule has 1 aromatic rings. The summed E-state index contributed by atoms with van der Waals surface area (Å²) in [5.41, 5.74) is 7.39. The van der Waals surface area contributed by atoms with E-state index >= 15 is 0 Å². The van der Waals surface area contributed by atoms with Crippen molar-refractivity contribution < 1.29 is 4.79 Å². The molecule has 0 radical (unpaired) electrons. The lowest BCUT2D eigenvalue weighted by atomic mass is 9.97. The molecule has 1 saturated carbocycles. The molecule has 0 bridgehead atoms. The van der Waals surface area contributed by atoms with Gasteiger partial charge < -0.3 is 5.73 Å². The van der Waals surface area contributed by atoms with Crippen LogP contribution in [0.1, 0.15) is 35.3 Å². The van der Waals surface area contributed by atoms with E-state index in [0.717, 1.165) is 30.5 Å². The van der Waals surface area contributed by atoms with E-state index in [0.29, 0.717) is 0 Å². The lowest BCUT2D eigenvalue weighted by Gasteiger charge is -2.06. The normalized spacial score (nSPS) is 25.8. The minimum atomic E-state index is 0.114. The SMILES string of the molecule is Cc1nn(C)cc1C(=O)C1CCC(N)C1. The summed E-state index contributed by atoms with van der Waals surface area (Å²) in [6.45, 7) is 1.88. The molecule has 1 aromatic heterocycles. The Bertz CT molecular complexity index is 383. The first-order valence-corrected chi connectivity index (χ1v) is 5.38. The second kappa shape index (κ2) is 3.77. The topological polar surface area (TPSA) is 60.9 Å². The van der Waals surface area contributed by atoms with Crippen molar-refractivity contribution in [3.8, 4) is 0 Å². The van der Waals surface area contributed by atoms with Crippen molar-refractivity contribution in [2.45, 2.75) is 32.2 Å². The summed E-state index contributed by atoms with van der Waals surface area (Å²) in [4.78, 5) is 12.1. The molecule has 1 fully saturated rings. The lowest BCUT2D eigenvalue weighted by Crippen LogP contribution is -2.18. The quantitative estimate of drug-likeness (QED) is 0.737. The molecule has 4 nitrogen and oxygen atoms in total. The minimum Gasteiger partial charge on any atom is -0.328 e. The summed E-state index contributed by atoms with van der Waals surface area (Å²) < 4.78 is 1.69. The molecule has 2 rings (SSSR count). The molecular weight excluding hydrogens is 190 g/mol. The number of Topliss-reactive ketones (excluding diaryl/α,β-unsaturated/α-hetero) is 1. The first-order valence-electron chi connectivity index (χ1n) is 5.38. The number of carbonyl (C=O) groups excluding carboxylic acids is 1.